The number of aromatic nitrogens is 3. The van der Waals surface area contributed by atoms with Gasteiger partial charge in [0.1, 0.15) is 5.82 Å². The van der Waals surface area contributed by atoms with Gasteiger partial charge in [-0.2, -0.15) is 5.10 Å². The van der Waals surface area contributed by atoms with Crippen molar-refractivity contribution >= 4 is 11.6 Å². The van der Waals surface area contributed by atoms with E-state index in [2.05, 4.69) is 29.2 Å². The lowest BCUT2D eigenvalue weighted by atomic mass is 10.0. The van der Waals surface area contributed by atoms with Gasteiger partial charge in [-0.05, 0) is 63.5 Å². The number of fused-ring (bicyclic) bond motifs is 1. The summed E-state index contributed by atoms with van der Waals surface area (Å²) < 4.78 is 15.2. The van der Waals surface area contributed by atoms with Crippen molar-refractivity contribution in [2.45, 2.75) is 47.5 Å². The standard InChI is InChI=1S/C24H32FN5O/c1-6-29(7-2)15-14-26-22(31)13-12-21-16(3)27-24-23(17(4)28-30(24)18(21)5)19-8-10-20(25)11-9-19/h8-11H,6-7,12-15H2,1-5H3,(H,26,31). The molecule has 1 N–H and O–H groups in total. The van der Waals surface area contributed by atoms with Crippen LogP contribution in [0.25, 0.3) is 16.8 Å². The number of benzene rings is 1. The predicted octanol–water partition coefficient (Wildman–Crippen LogP) is 3.85. The molecule has 0 aliphatic carbocycles. The summed E-state index contributed by atoms with van der Waals surface area (Å²) >= 11 is 0. The summed E-state index contributed by atoms with van der Waals surface area (Å²) in [6.07, 6.45) is 1.03. The predicted molar refractivity (Wildman–Crippen MR) is 122 cm³/mol. The molecule has 1 amide bonds. The summed E-state index contributed by atoms with van der Waals surface area (Å²) in [5.74, 6) is -0.217. The molecule has 0 radical (unpaired) electrons. The third kappa shape index (κ3) is 5.10. The maximum Gasteiger partial charge on any atom is 0.220 e. The molecule has 0 atom stereocenters. The second kappa shape index (κ2) is 10.0. The van der Waals surface area contributed by atoms with Gasteiger partial charge in [0.2, 0.25) is 5.91 Å². The number of nitrogens with one attached hydrogen (secondary N) is 1. The van der Waals surface area contributed by atoms with E-state index in [9.17, 15) is 9.18 Å². The quantitative estimate of drug-likeness (QED) is 0.566. The van der Waals surface area contributed by atoms with Gasteiger partial charge in [-0.3, -0.25) is 4.79 Å². The molecule has 0 fully saturated rings. The first kappa shape index (κ1) is 22.9. The highest BCUT2D eigenvalue weighted by Gasteiger charge is 2.18. The minimum Gasteiger partial charge on any atom is -0.355 e. The third-order valence-electron chi connectivity index (χ3n) is 5.88. The van der Waals surface area contributed by atoms with Crippen LogP contribution >= 0.6 is 0 Å². The smallest absolute Gasteiger partial charge is 0.220 e. The molecule has 1 aromatic carbocycles. The SMILES string of the molecule is CCN(CC)CCNC(=O)CCc1c(C)nc2c(-c3ccc(F)cc3)c(C)nn2c1C. The molecule has 0 aliphatic rings. The molecular weight excluding hydrogens is 393 g/mol. The lowest BCUT2D eigenvalue weighted by molar-refractivity contribution is -0.121. The van der Waals surface area contributed by atoms with Crippen LogP contribution in [0.2, 0.25) is 0 Å². The van der Waals surface area contributed by atoms with Crippen LogP contribution < -0.4 is 5.32 Å². The van der Waals surface area contributed by atoms with Gasteiger partial charge in [0.05, 0.1) is 5.69 Å². The molecule has 3 aromatic rings. The summed E-state index contributed by atoms with van der Waals surface area (Å²) in [6.45, 7) is 13.7. The van der Waals surface area contributed by atoms with Crippen LogP contribution in [0.3, 0.4) is 0 Å². The van der Waals surface area contributed by atoms with Crippen LogP contribution in [0.5, 0.6) is 0 Å². The summed E-state index contributed by atoms with van der Waals surface area (Å²) in [4.78, 5) is 19.4. The van der Waals surface area contributed by atoms with Gasteiger partial charge in [0.25, 0.3) is 0 Å². The van der Waals surface area contributed by atoms with Gasteiger partial charge in [0, 0.05) is 36.5 Å². The van der Waals surface area contributed by atoms with Crippen molar-refractivity contribution in [2.75, 3.05) is 26.2 Å². The summed E-state index contributed by atoms with van der Waals surface area (Å²) in [5.41, 5.74) is 6.31. The van der Waals surface area contributed by atoms with Gasteiger partial charge in [-0.15, -0.1) is 0 Å². The minimum absolute atomic E-state index is 0.0506. The zero-order valence-corrected chi connectivity index (χ0v) is 19.1. The lowest BCUT2D eigenvalue weighted by Gasteiger charge is -2.18. The molecule has 7 heteroatoms. The Balaban J connectivity index is 1.77. The monoisotopic (exact) mass is 425 g/mol. The van der Waals surface area contributed by atoms with Crippen molar-refractivity contribution in [3.63, 3.8) is 0 Å². The number of rotatable bonds is 9. The van der Waals surface area contributed by atoms with Gasteiger partial charge in [-0.25, -0.2) is 13.9 Å². The Labute approximate surface area is 183 Å². The number of carbonyl (C=O) groups is 1. The Morgan fingerprint density at radius 3 is 2.42 bits per heavy atom. The van der Waals surface area contributed by atoms with E-state index in [1.807, 2.05) is 25.3 Å². The van der Waals surface area contributed by atoms with E-state index < -0.39 is 0 Å². The van der Waals surface area contributed by atoms with Gasteiger partial charge in [0.15, 0.2) is 5.65 Å². The van der Waals surface area contributed by atoms with Crippen LogP contribution in [-0.4, -0.2) is 51.6 Å². The molecule has 0 aliphatic heterocycles. The van der Waals surface area contributed by atoms with Crippen molar-refractivity contribution in [1.82, 2.24) is 24.8 Å². The number of aryl methyl sites for hydroxylation is 3. The average Bonchev–Trinajstić information content (AvgIpc) is 3.07. The first-order valence-corrected chi connectivity index (χ1v) is 11.0. The Bertz CT molecular complexity index is 1050. The first-order chi connectivity index (χ1) is 14.8. The average molecular weight is 426 g/mol. The molecule has 166 valence electrons. The first-order valence-electron chi connectivity index (χ1n) is 11.0. The van der Waals surface area contributed by atoms with Crippen LogP contribution in [0.15, 0.2) is 24.3 Å². The van der Waals surface area contributed by atoms with Crippen molar-refractivity contribution < 1.29 is 9.18 Å². The van der Waals surface area contributed by atoms with Crippen molar-refractivity contribution in [1.29, 1.82) is 0 Å². The highest BCUT2D eigenvalue weighted by molar-refractivity contribution is 5.80. The van der Waals surface area contributed by atoms with Crippen molar-refractivity contribution in [3.8, 4) is 11.1 Å². The molecule has 31 heavy (non-hydrogen) atoms. The molecule has 6 nitrogen and oxygen atoms in total. The fourth-order valence-electron chi connectivity index (χ4n) is 4.00. The number of likely N-dealkylation sites (N-methyl/N-ethyl adjacent to an activating group) is 1. The van der Waals surface area contributed by atoms with Gasteiger partial charge in [-0.1, -0.05) is 26.0 Å². The van der Waals surface area contributed by atoms with Gasteiger partial charge >= 0.3 is 0 Å². The van der Waals surface area contributed by atoms with E-state index in [0.717, 1.165) is 59.1 Å². The molecule has 0 unspecified atom stereocenters. The highest BCUT2D eigenvalue weighted by Crippen LogP contribution is 2.29. The second-order valence-electron chi connectivity index (χ2n) is 7.84. The normalized spacial score (nSPS) is 11.5. The van der Waals surface area contributed by atoms with E-state index in [0.29, 0.717) is 19.4 Å². The number of hydrogen-bond donors (Lipinski definition) is 1. The second-order valence-corrected chi connectivity index (χ2v) is 7.84. The van der Waals surface area contributed by atoms with E-state index in [-0.39, 0.29) is 11.7 Å². The molecule has 2 aromatic heterocycles. The molecular formula is C24H32FN5O. The number of halogens is 1. The number of nitrogens with zero attached hydrogens (tertiary/aromatic N) is 4. The number of hydrogen-bond acceptors (Lipinski definition) is 4. The summed E-state index contributed by atoms with van der Waals surface area (Å²) in [6, 6.07) is 6.40. The van der Waals surface area contributed by atoms with Crippen molar-refractivity contribution in [2.24, 2.45) is 0 Å². The highest BCUT2D eigenvalue weighted by atomic mass is 19.1. The van der Waals surface area contributed by atoms with E-state index in [4.69, 9.17) is 4.98 Å². The topological polar surface area (TPSA) is 62.5 Å². The molecule has 0 saturated heterocycles. The van der Waals surface area contributed by atoms with E-state index in [1.165, 1.54) is 12.1 Å². The summed E-state index contributed by atoms with van der Waals surface area (Å²) in [7, 11) is 0. The third-order valence-corrected chi connectivity index (χ3v) is 5.88. The summed E-state index contributed by atoms with van der Waals surface area (Å²) in [5, 5.41) is 7.70. The zero-order chi connectivity index (χ0) is 22.5. The Hall–Kier alpha value is -2.80. The maximum atomic E-state index is 13.4. The molecule has 0 spiro atoms. The fraction of sp³-hybridized carbons (Fsp3) is 0.458. The van der Waals surface area contributed by atoms with Gasteiger partial charge < -0.3 is 10.2 Å². The zero-order valence-electron chi connectivity index (χ0n) is 19.1. The molecule has 3 rings (SSSR count). The van der Waals surface area contributed by atoms with Crippen LogP contribution in [-0.2, 0) is 11.2 Å². The van der Waals surface area contributed by atoms with E-state index >= 15 is 0 Å². The van der Waals surface area contributed by atoms with E-state index in [1.54, 1.807) is 12.1 Å². The number of carbonyl (C=O) groups excluding carboxylic acids is 1. The number of amides is 1. The molecule has 0 saturated carbocycles. The molecule has 2 heterocycles. The Morgan fingerprint density at radius 2 is 1.77 bits per heavy atom. The fourth-order valence-corrected chi connectivity index (χ4v) is 4.00. The van der Waals surface area contributed by atoms with Crippen LogP contribution in [0.4, 0.5) is 4.39 Å². The largest absolute Gasteiger partial charge is 0.355 e. The Kier molecular flexibility index (Phi) is 7.38. The molecule has 0 bridgehead atoms. The Morgan fingerprint density at radius 1 is 1.10 bits per heavy atom. The minimum atomic E-state index is -0.268. The lowest BCUT2D eigenvalue weighted by Crippen LogP contribution is -2.34. The van der Waals surface area contributed by atoms with Crippen molar-refractivity contribution in [3.05, 3.63) is 52.7 Å². The maximum absolute atomic E-state index is 13.4. The van der Waals surface area contributed by atoms with Crippen LogP contribution in [0, 0.1) is 26.6 Å². The van der Waals surface area contributed by atoms with Crippen LogP contribution in [0.1, 0.15) is 42.9 Å².